The lowest BCUT2D eigenvalue weighted by atomic mass is 9.89. The molecule has 0 spiro atoms. The third-order valence-corrected chi connectivity index (χ3v) is 5.90. The average molecular weight is 389 g/mol. The Hall–Kier alpha value is -3.36. The quantitative estimate of drug-likeness (QED) is 0.541. The second-order valence-corrected chi connectivity index (χ2v) is 8.06. The van der Waals surface area contributed by atoms with Gasteiger partial charge in [0.2, 0.25) is 5.95 Å². The molecule has 0 unspecified atom stereocenters. The molecule has 1 saturated carbocycles. The lowest BCUT2D eigenvalue weighted by molar-refractivity contribution is 0.349. The van der Waals surface area contributed by atoms with E-state index in [4.69, 9.17) is 0 Å². The van der Waals surface area contributed by atoms with E-state index in [9.17, 15) is 0 Å². The maximum atomic E-state index is 4.60. The van der Waals surface area contributed by atoms with E-state index in [1.165, 1.54) is 17.6 Å². The molecule has 0 radical (unpaired) electrons. The second-order valence-electron chi connectivity index (χ2n) is 8.06. The highest BCUT2D eigenvalue weighted by Crippen LogP contribution is 2.53. The predicted octanol–water partition coefficient (Wildman–Crippen LogP) is 3.04. The zero-order valence-electron chi connectivity index (χ0n) is 16.7. The van der Waals surface area contributed by atoms with Crippen LogP contribution in [-0.2, 0) is 13.5 Å². The van der Waals surface area contributed by atoms with Crippen LogP contribution < -0.4 is 5.32 Å². The molecular weight excluding hydrogens is 366 g/mol. The summed E-state index contributed by atoms with van der Waals surface area (Å²) in [5, 5.41) is 20.2. The molecule has 1 aliphatic carbocycles. The van der Waals surface area contributed by atoms with E-state index in [2.05, 4.69) is 53.9 Å². The number of pyridine rings is 1. The minimum atomic E-state index is 0.398. The number of hydrogen-bond donors (Lipinski definition) is 1. The summed E-state index contributed by atoms with van der Waals surface area (Å²) in [4.78, 5) is 10.3. The van der Waals surface area contributed by atoms with E-state index < -0.39 is 0 Å². The fourth-order valence-electron chi connectivity index (χ4n) is 3.75. The number of fused-ring (bicyclic) bond motifs is 1. The van der Waals surface area contributed by atoms with Crippen LogP contribution in [-0.4, -0.2) is 39.6 Å². The van der Waals surface area contributed by atoms with Gasteiger partial charge in [0.05, 0.1) is 11.9 Å². The molecule has 0 aliphatic heterocycles. The van der Waals surface area contributed by atoms with Crippen LogP contribution in [0.15, 0.2) is 36.8 Å². The molecule has 4 heterocycles. The molecule has 1 aliphatic rings. The lowest BCUT2D eigenvalue weighted by Gasteiger charge is -2.18. The number of rotatable bonds is 6. The summed E-state index contributed by atoms with van der Waals surface area (Å²) in [5.74, 6) is 2.76. The Morgan fingerprint density at radius 3 is 2.79 bits per heavy atom. The Labute approximate surface area is 168 Å². The van der Waals surface area contributed by atoms with Gasteiger partial charge in [0.25, 0.3) is 0 Å². The van der Waals surface area contributed by atoms with Gasteiger partial charge >= 0.3 is 0 Å². The highest BCUT2D eigenvalue weighted by atomic mass is 15.5. The fraction of sp³-hybridized carbons (Fsp3) is 0.400. The molecule has 0 bridgehead atoms. The molecule has 4 aromatic heterocycles. The fourth-order valence-corrected chi connectivity index (χ4v) is 3.75. The van der Waals surface area contributed by atoms with E-state index in [0.717, 1.165) is 29.1 Å². The van der Waals surface area contributed by atoms with Crippen LogP contribution in [0.4, 0.5) is 11.8 Å². The van der Waals surface area contributed by atoms with Crippen LogP contribution in [0.25, 0.3) is 16.9 Å². The molecule has 1 fully saturated rings. The van der Waals surface area contributed by atoms with Crippen molar-refractivity contribution in [1.82, 2.24) is 39.6 Å². The Kier molecular flexibility index (Phi) is 4.04. The number of aromatic nitrogens is 8. The van der Waals surface area contributed by atoms with Gasteiger partial charge in [0, 0.05) is 31.4 Å². The van der Waals surface area contributed by atoms with Crippen LogP contribution in [0.3, 0.4) is 0 Å². The van der Waals surface area contributed by atoms with Gasteiger partial charge in [-0.2, -0.15) is 9.90 Å². The summed E-state index contributed by atoms with van der Waals surface area (Å²) in [7, 11) is 1.76. The number of hydrogen-bond acceptors (Lipinski definition) is 7. The first-order chi connectivity index (χ1) is 14.0. The van der Waals surface area contributed by atoms with Gasteiger partial charge in [-0.05, 0) is 42.4 Å². The summed E-state index contributed by atoms with van der Waals surface area (Å²) in [5.41, 5.74) is 3.00. The molecule has 9 heteroatoms. The normalized spacial score (nSPS) is 15.2. The topological polar surface area (TPSA) is 98.7 Å². The highest BCUT2D eigenvalue weighted by Gasteiger charge is 2.46. The molecule has 1 N–H and O–H groups in total. The molecule has 148 valence electrons. The first-order valence-corrected chi connectivity index (χ1v) is 9.83. The maximum Gasteiger partial charge on any atom is 0.228 e. The lowest BCUT2D eigenvalue weighted by Crippen LogP contribution is -2.14. The summed E-state index contributed by atoms with van der Waals surface area (Å²) >= 11 is 0. The van der Waals surface area contributed by atoms with Crippen molar-refractivity contribution in [3.63, 3.8) is 0 Å². The van der Waals surface area contributed by atoms with Crippen LogP contribution in [0.1, 0.15) is 32.5 Å². The van der Waals surface area contributed by atoms with Gasteiger partial charge in [0.1, 0.15) is 5.82 Å². The Bertz CT molecular complexity index is 1170. The zero-order chi connectivity index (χ0) is 20.0. The minimum Gasteiger partial charge on any atom is -0.306 e. The Morgan fingerprint density at radius 2 is 2.07 bits per heavy atom. The van der Waals surface area contributed by atoms with Crippen molar-refractivity contribution in [2.75, 3.05) is 5.32 Å². The first-order valence-electron chi connectivity index (χ1n) is 9.83. The van der Waals surface area contributed by atoms with Gasteiger partial charge in [-0.3, -0.25) is 4.40 Å². The Balaban J connectivity index is 1.42. The molecule has 0 atom stereocenters. The monoisotopic (exact) mass is 389 g/mol. The zero-order valence-corrected chi connectivity index (χ0v) is 16.7. The third-order valence-electron chi connectivity index (χ3n) is 5.90. The van der Waals surface area contributed by atoms with Gasteiger partial charge in [-0.25, -0.2) is 9.97 Å². The van der Waals surface area contributed by atoms with Crippen molar-refractivity contribution in [2.45, 2.75) is 33.1 Å². The molecule has 0 amide bonds. The van der Waals surface area contributed by atoms with Crippen molar-refractivity contribution in [3.05, 3.63) is 42.6 Å². The smallest absolute Gasteiger partial charge is 0.228 e. The van der Waals surface area contributed by atoms with E-state index in [0.29, 0.717) is 23.1 Å². The van der Waals surface area contributed by atoms with Crippen LogP contribution >= 0.6 is 0 Å². The standard InChI is InChI=1S/C20H23N9/c1-13(2)20(6-7-20)11-18-26-25-17-10-14(5-9-29(17)18)15-4-8-21-19(23-15)24-16-12-22-28(3)27-16/h4-5,8-10,12-13H,6-7,11H2,1-3H3,(H,21,23,24,27). The van der Waals surface area contributed by atoms with Gasteiger partial charge in [-0.15, -0.1) is 15.3 Å². The van der Waals surface area contributed by atoms with E-state index in [1.807, 2.05) is 24.4 Å². The SMILES string of the molecule is CC(C)C1(Cc2nnc3cc(-c4ccnc(Nc5cnn(C)n5)n4)ccn23)CC1. The van der Waals surface area contributed by atoms with Gasteiger partial charge in [0.15, 0.2) is 11.5 Å². The number of nitrogens with zero attached hydrogens (tertiary/aromatic N) is 8. The van der Waals surface area contributed by atoms with E-state index >= 15 is 0 Å². The van der Waals surface area contributed by atoms with Crippen molar-refractivity contribution in [1.29, 1.82) is 0 Å². The number of nitrogens with one attached hydrogen (secondary N) is 1. The van der Waals surface area contributed by atoms with Gasteiger partial charge < -0.3 is 5.32 Å². The predicted molar refractivity (Wildman–Crippen MR) is 109 cm³/mol. The average Bonchev–Trinajstić information content (AvgIpc) is 3.24. The van der Waals surface area contributed by atoms with E-state index in [1.54, 1.807) is 19.4 Å². The van der Waals surface area contributed by atoms with Crippen LogP contribution in [0, 0.1) is 11.3 Å². The number of anilines is 2. The van der Waals surface area contributed by atoms with Crippen LogP contribution in [0.2, 0.25) is 0 Å². The van der Waals surface area contributed by atoms with Crippen LogP contribution in [0.5, 0.6) is 0 Å². The first kappa shape index (κ1) is 17.7. The summed E-state index contributed by atoms with van der Waals surface area (Å²) < 4.78 is 2.09. The summed E-state index contributed by atoms with van der Waals surface area (Å²) in [6.45, 7) is 4.60. The van der Waals surface area contributed by atoms with Gasteiger partial charge in [-0.1, -0.05) is 13.8 Å². The van der Waals surface area contributed by atoms with Crippen molar-refractivity contribution >= 4 is 17.4 Å². The largest absolute Gasteiger partial charge is 0.306 e. The molecule has 4 aromatic rings. The summed E-state index contributed by atoms with van der Waals surface area (Å²) in [6, 6.07) is 5.94. The second kappa shape index (κ2) is 6.61. The minimum absolute atomic E-state index is 0.398. The molecule has 0 aromatic carbocycles. The molecule has 29 heavy (non-hydrogen) atoms. The maximum absolute atomic E-state index is 4.60. The highest BCUT2D eigenvalue weighted by molar-refractivity contribution is 5.65. The summed E-state index contributed by atoms with van der Waals surface area (Å²) in [6.07, 6.45) is 8.92. The third kappa shape index (κ3) is 3.32. The molecular formula is C20H23N9. The van der Waals surface area contributed by atoms with Crippen molar-refractivity contribution < 1.29 is 0 Å². The Morgan fingerprint density at radius 1 is 1.21 bits per heavy atom. The molecule has 0 saturated heterocycles. The number of aryl methyl sites for hydroxylation is 1. The van der Waals surface area contributed by atoms with E-state index in [-0.39, 0.29) is 0 Å². The van der Waals surface area contributed by atoms with Crippen molar-refractivity contribution in [3.8, 4) is 11.3 Å². The molecule has 9 nitrogen and oxygen atoms in total. The van der Waals surface area contributed by atoms with Crippen molar-refractivity contribution in [2.24, 2.45) is 18.4 Å². The molecule has 5 rings (SSSR count).